The number of Topliss-reactive ketones (excluding diaryl/α,β-unsaturated/α-hetero) is 1. The van der Waals surface area contributed by atoms with E-state index < -0.39 is 5.97 Å². The van der Waals surface area contributed by atoms with Gasteiger partial charge in [-0.25, -0.2) is 0 Å². The molecule has 0 spiro atoms. The number of hydrogen-bond acceptors (Lipinski definition) is 3. The summed E-state index contributed by atoms with van der Waals surface area (Å²) in [7, 11) is 0. The van der Waals surface area contributed by atoms with Gasteiger partial charge in [-0.1, -0.05) is 20.3 Å². The van der Waals surface area contributed by atoms with Crippen LogP contribution in [0.2, 0.25) is 0 Å². The molecule has 0 N–H and O–H groups in total. The quantitative estimate of drug-likeness (QED) is 0.468. The Hall–Kier alpha value is -0.860. The first-order valence-corrected chi connectivity index (χ1v) is 5.27. The molecule has 0 aromatic carbocycles. The van der Waals surface area contributed by atoms with E-state index in [1.54, 1.807) is 6.92 Å². The van der Waals surface area contributed by atoms with Gasteiger partial charge >= 0.3 is 5.97 Å². The van der Waals surface area contributed by atoms with Gasteiger partial charge in [0.25, 0.3) is 0 Å². The second kappa shape index (κ2) is 7.54. The minimum absolute atomic E-state index is 0.0104. The molecule has 0 radical (unpaired) electrons. The number of carbonyl (C=O) groups is 2. The minimum Gasteiger partial charge on any atom is -0.466 e. The minimum atomic E-state index is -0.401. The van der Waals surface area contributed by atoms with Crippen molar-refractivity contribution in [3.63, 3.8) is 0 Å². The molecule has 3 heteroatoms. The number of ether oxygens (including phenoxy) is 1. The van der Waals surface area contributed by atoms with Gasteiger partial charge in [-0.3, -0.25) is 9.59 Å². The Morgan fingerprint density at radius 1 is 1.29 bits per heavy atom. The first-order chi connectivity index (χ1) is 6.60. The Morgan fingerprint density at radius 3 is 2.43 bits per heavy atom. The van der Waals surface area contributed by atoms with Crippen molar-refractivity contribution in [2.75, 3.05) is 6.61 Å². The number of ketones is 1. The van der Waals surface area contributed by atoms with Crippen molar-refractivity contribution in [2.45, 2.75) is 46.5 Å². The molecule has 3 nitrogen and oxygen atoms in total. The molecule has 0 fully saturated rings. The van der Waals surface area contributed by atoms with Gasteiger partial charge in [-0.2, -0.15) is 0 Å². The van der Waals surface area contributed by atoms with E-state index in [1.807, 2.05) is 0 Å². The summed E-state index contributed by atoms with van der Waals surface area (Å²) < 4.78 is 4.69. The average Bonchev–Trinajstić information content (AvgIpc) is 2.14. The Bertz CT molecular complexity index is 187. The third kappa shape index (κ3) is 6.63. The van der Waals surface area contributed by atoms with E-state index in [0.717, 1.165) is 12.8 Å². The molecule has 1 unspecified atom stereocenters. The summed E-state index contributed by atoms with van der Waals surface area (Å²) in [6.45, 7) is 6.29. The van der Waals surface area contributed by atoms with Gasteiger partial charge in [0, 0.05) is 6.42 Å². The molecule has 1 atom stereocenters. The monoisotopic (exact) mass is 200 g/mol. The van der Waals surface area contributed by atoms with Gasteiger partial charge in [0.05, 0.1) is 6.61 Å². The lowest BCUT2D eigenvalue weighted by Crippen LogP contribution is -2.11. The number of esters is 1. The zero-order valence-electron chi connectivity index (χ0n) is 9.34. The summed E-state index contributed by atoms with van der Waals surface area (Å²) in [6, 6.07) is 0. The van der Waals surface area contributed by atoms with Crippen LogP contribution in [0, 0.1) is 5.92 Å². The third-order valence-electron chi connectivity index (χ3n) is 2.26. The third-order valence-corrected chi connectivity index (χ3v) is 2.26. The molecule has 0 bridgehead atoms. The topological polar surface area (TPSA) is 43.4 Å². The highest BCUT2D eigenvalue weighted by Gasteiger charge is 2.11. The largest absolute Gasteiger partial charge is 0.466 e. The molecular formula is C11H20O3. The Balaban J connectivity index is 3.60. The van der Waals surface area contributed by atoms with Crippen molar-refractivity contribution < 1.29 is 14.3 Å². The second-order valence-electron chi connectivity index (χ2n) is 3.57. The van der Waals surface area contributed by atoms with Crippen LogP contribution in [0.25, 0.3) is 0 Å². The SMILES string of the molecule is CCOC(=O)CC(=O)CCC(C)CC. The van der Waals surface area contributed by atoms with E-state index in [0.29, 0.717) is 18.9 Å². The lowest BCUT2D eigenvalue weighted by atomic mass is 10.0. The predicted molar refractivity (Wildman–Crippen MR) is 54.9 cm³/mol. The van der Waals surface area contributed by atoms with Crippen LogP contribution in [0.1, 0.15) is 46.5 Å². The van der Waals surface area contributed by atoms with Gasteiger partial charge in [0.15, 0.2) is 0 Å². The molecule has 0 aliphatic rings. The first kappa shape index (κ1) is 13.1. The van der Waals surface area contributed by atoms with E-state index >= 15 is 0 Å². The molecular weight excluding hydrogens is 180 g/mol. The van der Waals surface area contributed by atoms with Gasteiger partial charge in [0.2, 0.25) is 0 Å². The normalized spacial score (nSPS) is 12.2. The second-order valence-corrected chi connectivity index (χ2v) is 3.57. The average molecular weight is 200 g/mol. The van der Waals surface area contributed by atoms with Crippen molar-refractivity contribution >= 4 is 11.8 Å². The highest BCUT2D eigenvalue weighted by atomic mass is 16.5. The highest BCUT2D eigenvalue weighted by Crippen LogP contribution is 2.10. The molecule has 0 aromatic heterocycles. The predicted octanol–water partition coefficient (Wildman–Crippen LogP) is 2.33. The van der Waals surface area contributed by atoms with Crippen LogP contribution < -0.4 is 0 Å². The van der Waals surface area contributed by atoms with Crippen LogP contribution in [0.15, 0.2) is 0 Å². The van der Waals surface area contributed by atoms with Crippen LogP contribution in [-0.2, 0) is 14.3 Å². The lowest BCUT2D eigenvalue weighted by Gasteiger charge is -2.06. The maximum Gasteiger partial charge on any atom is 0.313 e. The Kier molecular flexibility index (Phi) is 7.07. The smallest absolute Gasteiger partial charge is 0.313 e. The fraction of sp³-hybridized carbons (Fsp3) is 0.818. The van der Waals surface area contributed by atoms with Crippen molar-refractivity contribution in [3.8, 4) is 0 Å². The summed E-state index contributed by atoms with van der Waals surface area (Å²) in [5, 5.41) is 0. The zero-order chi connectivity index (χ0) is 11.0. The maximum absolute atomic E-state index is 11.2. The van der Waals surface area contributed by atoms with Gasteiger partial charge < -0.3 is 4.74 Å². The lowest BCUT2D eigenvalue weighted by molar-refractivity contribution is -0.145. The molecule has 0 heterocycles. The van der Waals surface area contributed by atoms with E-state index in [9.17, 15) is 9.59 Å². The molecule has 0 saturated carbocycles. The molecule has 14 heavy (non-hydrogen) atoms. The molecule has 0 aromatic rings. The molecule has 0 saturated heterocycles. The van der Waals surface area contributed by atoms with E-state index in [-0.39, 0.29) is 12.2 Å². The van der Waals surface area contributed by atoms with Crippen LogP contribution in [-0.4, -0.2) is 18.4 Å². The molecule has 0 aliphatic carbocycles. The van der Waals surface area contributed by atoms with Crippen LogP contribution in [0.5, 0.6) is 0 Å². The van der Waals surface area contributed by atoms with Crippen LogP contribution >= 0.6 is 0 Å². The first-order valence-electron chi connectivity index (χ1n) is 5.27. The summed E-state index contributed by atoms with van der Waals surface area (Å²) in [5.74, 6) is 0.145. The van der Waals surface area contributed by atoms with E-state index in [2.05, 4.69) is 18.6 Å². The van der Waals surface area contributed by atoms with E-state index in [1.165, 1.54) is 0 Å². The summed E-state index contributed by atoms with van der Waals surface area (Å²) in [6.07, 6.45) is 2.37. The number of carbonyl (C=O) groups excluding carboxylic acids is 2. The van der Waals surface area contributed by atoms with Gasteiger partial charge in [0.1, 0.15) is 12.2 Å². The Morgan fingerprint density at radius 2 is 1.93 bits per heavy atom. The highest BCUT2D eigenvalue weighted by molar-refractivity contribution is 5.95. The number of hydrogen-bond donors (Lipinski definition) is 0. The molecule has 82 valence electrons. The fourth-order valence-electron chi connectivity index (χ4n) is 1.07. The standard InChI is InChI=1S/C11H20O3/c1-4-9(3)6-7-10(12)8-11(13)14-5-2/h9H,4-8H2,1-3H3. The van der Waals surface area contributed by atoms with Gasteiger partial charge in [-0.15, -0.1) is 0 Å². The summed E-state index contributed by atoms with van der Waals surface area (Å²) >= 11 is 0. The molecule has 0 rings (SSSR count). The van der Waals surface area contributed by atoms with Crippen LogP contribution in [0.4, 0.5) is 0 Å². The van der Waals surface area contributed by atoms with Crippen molar-refractivity contribution in [1.29, 1.82) is 0 Å². The zero-order valence-corrected chi connectivity index (χ0v) is 9.34. The molecule has 0 amide bonds. The molecule has 0 aliphatic heterocycles. The van der Waals surface area contributed by atoms with E-state index in [4.69, 9.17) is 0 Å². The number of rotatable bonds is 7. The summed E-state index contributed by atoms with van der Waals surface area (Å²) in [5.41, 5.74) is 0. The maximum atomic E-state index is 11.2. The summed E-state index contributed by atoms with van der Waals surface area (Å²) in [4.78, 5) is 22.2. The fourth-order valence-corrected chi connectivity index (χ4v) is 1.07. The van der Waals surface area contributed by atoms with Gasteiger partial charge in [-0.05, 0) is 19.3 Å². The van der Waals surface area contributed by atoms with Crippen molar-refractivity contribution in [1.82, 2.24) is 0 Å². The van der Waals surface area contributed by atoms with Crippen molar-refractivity contribution in [3.05, 3.63) is 0 Å². The Labute approximate surface area is 85.8 Å². The van der Waals surface area contributed by atoms with Crippen molar-refractivity contribution in [2.24, 2.45) is 5.92 Å². The van der Waals surface area contributed by atoms with Crippen LogP contribution in [0.3, 0.4) is 0 Å².